The Hall–Kier alpha value is -3.08. The van der Waals surface area contributed by atoms with Crippen molar-refractivity contribution in [2.45, 2.75) is 6.42 Å². The van der Waals surface area contributed by atoms with Gasteiger partial charge in [0.2, 0.25) is 0 Å². The molecule has 2 aromatic rings. The molecule has 2 N–H and O–H groups in total. The Morgan fingerprint density at radius 1 is 1.13 bits per heavy atom. The maximum Gasteiger partial charge on any atom is 0.307 e. The first-order valence-corrected chi connectivity index (χ1v) is 6.90. The molecule has 0 atom stereocenters. The minimum Gasteiger partial charge on any atom is -0.507 e. The molecular weight excluding hydrogens is 296 g/mol. The average Bonchev–Trinajstić information content (AvgIpc) is 2.54. The predicted molar refractivity (Wildman–Crippen MR) is 85.8 cm³/mol. The summed E-state index contributed by atoms with van der Waals surface area (Å²) in [7, 11) is 1.57. The molecule has 0 saturated heterocycles. The highest BCUT2D eigenvalue weighted by molar-refractivity contribution is 6.08. The zero-order valence-corrected chi connectivity index (χ0v) is 12.5. The van der Waals surface area contributed by atoms with E-state index in [1.165, 1.54) is 24.3 Å². The second-order valence-electron chi connectivity index (χ2n) is 4.89. The van der Waals surface area contributed by atoms with Crippen LogP contribution in [0.15, 0.2) is 48.5 Å². The van der Waals surface area contributed by atoms with Crippen LogP contribution >= 0.6 is 0 Å². The molecule has 2 aromatic carbocycles. The fourth-order valence-corrected chi connectivity index (χ4v) is 2.04. The molecule has 0 spiro atoms. The van der Waals surface area contributed by atoms with Crippen molar-refractivity contribution in [3.8, 4) is 11.5 Å². The van der Waals surface area contributed by atoms with Gasteiger partial charge in [0.1, 0.15) is 11.5 Å². The van der Waals surface area contributed by atoms with Gasteiger partial charge in [0.15, 0.2) is 5.78 Å². The second kappa shape index (κ2) is 7.26. The van der Waals surface area contributed by atoms with Crippen molar-refractivity contribution in [3.05, 3.63) is 65.2 Å². The van der Waals surface area contributed by atoms with E-state index in [0.29, 0.717) is 11.3 Å². The van der Waals surface area contributed by atoms with Crippen LogP contribution in [0.4, 0.5) is 0 Å². The number of aromatic hydroxyl groups is 1. The summed E-state index contributed by atoms with van der Waals surface area (Å²) >= 11 is 0. The highest BCUT2D eigenvalue weighted by Crippen LogP contribution is 2.20. The Morgan fingerprint density at radius 2 is 1.83 bits per heavy atom. The van der Waals surface area contributed by atoms with E-state index in [2.05, 4.69) is 0 Å². The van der Waals surface area contributed by atoms with E-state index in [-0.39, 0.29) is 17.7 Å². The molecule has 0 bridgehead atoms. The number of carboxylic acids is 1. The van der Waals surface area contributed by atoms with Crippen LogP contribution in [0, 0.1) is 0 Å². The first-order chi connectivity index (χ1) is 11.0. The standard InChI is InChI=1S/C18H16O5/c1-23-14-6-2-12(3-7-14)4-8-16(19)15-10-13(11-18(21)22)5-9-17(15)20/h2-10,20H,11H2,1H3,(H,21,22)/b8-4+. The summed E-state index contributed by atoms with van der Waals surface area (Å²) in [5.41, 5.74) is 1.34. The largest absolute Gasteiger partial charge is 0.507 e. The number of hydrogen-bond donors (Lipinski definition) is 2. The lowest BCUT2D eigenvalue weighted by Crippen LogP contribution is -2.02. The normalized spacial score (nSPS) is 10.7. The number of hydrogen-bond acceptors (Lipinski definition) is 4. The fourth-order valence-electron chi connectivity index (χ4n) is 2.04. The lowest BCUT2D eigenvalue weighted by molar-refractivity contribution is -0.136. The Kier molecular flexibility index (Phi) is 5.15. The number of carboxylic acid groups (broad SMARTS) is 1. The molecule has 0 aliphatic carbocycles. The second-order valence-corrected chi connectivity index (χ2v) is 4.89. The van der Waals surface area contributed by atoms with Gasteiger partial charge in [-0.05, 0) is 41.5 Å². The molecule has 0 fully saturated rings. The number of ether oxygens (including phenoxy) is 1. The molecule has 0 aromatic heterocycles. The van der Waals surface area contributed by atoms with Gasteiger partial charge >= 0.3 is 5.97 Å². The Labute approximate surface area is 133 Å². The highest BCUT2D eigenvalue weighted by atomic mass is 16.5. The molecule has 2 rings (SSSR count). The van der Waals surface area contributed by atoms with Gasteiger partial charge in [0, 0.05) is 0 Å². The SMILES string of the molecule is COc1ccc(/C=C/C(=O)c2cc(CC(=O)O)ccc2O)cc1. The molecule has 0 saturated carbocycles. The van der Waals surface area contributed by atoms with E-state index in [4.69, 9.17) is 9.84 Å². The Morgan fingerprint density at radius 3 is 2.43 bits per heavy atom. The first kappa shape index (κ1) is 16.3. The summed E-state index contributed by atoms with van der Waals surface area (Å²) in [6.07, 6.45) is 2.75. The quantitative estimate of drug-likeness (QED) is 0.633. The van der Waals surface area contributed by atoms with E-state index in [9.17, 15) is 14.7 Å². The van der Waals surface area contributed by atoms with Crippen molar-refractivity contribution < 1.29 is 24.5 Å². The van der Waals surface area contributed by atoms with E-state index in [1.807, 2.05) is 0 Å². The number of allylic oxidation sites excluding steroid dienone is 1. The fraction of sp³-hybridized carbons (Fsp3) is 0.111. The van der Waals surface area contributed by atoms with Crippen molar-refractivity contribution in [1.82, 2.24) is 0 Å². The van der Waals surface area contributed by atoms with Crippen molar-refractivity contribution in [2.75, 3.05) is 7.11 Å². The Bertz CT molecular complexity index is 745. The third kappa shape index (κ3) is 4.44. The maximum atomic E-state index is 12.2. The summed E-state index contributed by atoms with van der Waals surface area (Å²) in [6, 6.07) is 11.3. The average molecular weight is 312 g/mol. The zero-order valence-electron chi connectivity index (χ0n) is 12.5. The van der Waals surface area contributed by atoms with Gasteiger partial charge in [-0.2, -0.15) is 0 Å². The van der Waals surface area contributed by atoms with Crippen LogP contribution in [0.5, 0.6) is 11.5 Å². The van der Waals surface area contributed by atoms with E-state index >= 15 is 0 Å². The van der Waals surface area contributed by atoms with E-state index in [1.54, 1.807) is 37.5 Å². The lowest BCUT2D eigenvalue weighted by Gasteiger charge is -2.04. The van der Waals surface area contributed by atoms with Gasteiger partial charge < -0.3 is 14.9 Å². The molecule has 118 valence electrons. The minimum atomic E-state index is -0.997. The summed E-state index contributed by atoms with van der Waals surface area (Å²) in [5, 5.41) is 18.6. The monoisotopic (exact) mass is 312 g/mol. The number of carbonyl (C=O) groups excluding carboxylic acids is 1. The summed E-state index contributed by atoms with van der Waals surface area (Å²) in [5.74, 6) is -0.857. The van der Waals surface area contributed by atoms with Crippen molar-refractivity contribution >= 4 is 17.8 Å². The van der Waals surface area contributed by atoms with E-state index in [0.717, 1.165) is 5.56 Å². The molecule has 0 heterocycles. The molecule has 23 heavy (non-hydrogen) atoms. The molecule has 0 aliphatic heterocycles. The van der Waals surface area contributed by atoms with Gasteiger partial charge in [-0.15, -0.1) is 0 Å². The van der Waals surface area contributed by atoms with Gasteiger partial charge in [-0.1, -0.05) is 24.3 Å². The van der Waals surface area contributed by atoms with Gasteiger partial charge in [0.05, 0.1) is 19.1 Å². The molecule has 0 amide bonds. The molecule has 0 radical (unpaired) electrons. The third-order valence-corrected chi connectivity index (χ3v) is 3.22. The van der Waals surface area contributed by atoms with Gasteiger partial charge in [-0.3, -0.25) is 9.59 Å². The van der Waals surface area contributed by atoms with Crippen LogP contribution in [-0.2, 0) is 11.2 Å². The van der Waals surface area contributed by atoms with Crippen molar-refractivity contribution in [1.29, 1.82) is 0 Å². The third-order valence-electron chi connectivity index (χ3n) is 3.22. The smallest absolute Gasteiger partial charge is 0.307 e. The van der Waals surface area contributed by atoms with Crippen molar-refractivity contribution in [3.63, 3.8) is 0 Å². The lowest BCUT2D eigenvalue weighted by atomic mass is 10.0. The molecule has 0 aliphatic rings. The molecule has 5 heteroatoms. The van der Waals surface area contributed by atoms with Crippen molar-refractivity contribution in [2.24, 2.45) is 0 Å². The number of rotatable bonds is 6. The number of benzene rings is 2. The number of phenolic OH excluding ortho intramolecular Hbond substituents is 1. The molecule has 5 nitrogen and oxygen atoms in total. The van der Waals surface area contributed by atoms with Crippen LogP contribution in [0.3, 0.4) is 0 Å². The number of methoxy groups -OCH3 is 1. The number of ketones is 1. The minimum absolute atomic E-state index is 0.0773. The topological polar surface area (TPSA) is 83.8 Å². The van der Waals surface area contributed by atoms with E-state index < -0.39 is 11.8 Å². The number of carbonyl (C=O) groups is 2. The summed E-state index contributed by atoms with van der Waals surface area (Å²) in [6.45, 7) is 0. The van der Waals surface area contributed by atoms with Crippen LogP contribution in [-0.4, -0.2) is 29.1 Å². The summed E-state index contributed by atoms with van der Waals surface area (Å²) in [4.78, 5) is 22.9. The van der Waals surface area contributed by atoms with Crippen LogP contribution in [0.2, 0.25) is 0 Å². The zero-order chi connectivity index (χ0) is 16.8. The maximum absolute atomic E-state index is 12.2. The number of aliphatic carboxylic acids is 1. The molecular formula is C18H16O5. The number of phenols is 1. The van der Waals surface area contributed by atoms with Crippen LogP contribution in [0.25, 0.3) is 6.08 Å². The van der Waals surface area contributed by atoms with Crippen LogP contribution < -0.4 is 4.74 Å². The highest BCUT2D eigenvalue weighted by Gasteiger charge is 2.11. The predicted octanol–water partition coefficient (Wildman–Crippen LogP) is 2.92. The molecule has 0 unspecified atom stereocenters. The van der Waals surface area contributed by atoms with Crippen LogP contribution in [0.1, 0.15) is 21.5 Å². The first-order valence-electron chi connectivity index (χ1n) is 6.90. The van der Waals surface area contributed by atoms with Gasteiger partial charge in [-0.25, -0.2) is 0 Å². The Balaban J connectivity index is 2.18. The summed E-state index contributed by atoms with van der Waals surface area (Å²) < 4.78 is 5.05. The van der Waals surface area contributed by atoms with Gasteiger partial charge in [0.25, 0.3) is 0 Å².